The SMILES string of the molecule is COc1ccc(NC(=O)[C@H](C)N2CCC[C@@H](C(N)=O)C2)c([N+](=O)[O-])c1. The van der Waals surface area contributed by atoms with Crippen LogP contribution < -0.4 is 15.8 Å². The summed E-state index contributed by atoms with van der Waals surface area (Å²) in [6.07, 6.45) is 1.48. The number of carbonyl (C=O) groups excluding carboxylic acids is 2. The number of carbonyl (C=O) groups is 2. The largest absolute Gasteiger partial charge is 0.496 e. The Kier molecular flexibility index (Phi) is 5.92. The number of ether oxygens (including phenoxy) is 1. The van der Waals surface area contributed by atoms with Crippen molar-refractivity contribution in [3.05, 3.63) is 28.3 Å². The van der Waals surface area contributed by atoms with Crippen LogP contribution in [0.15, 0.2) is 18.2 Å². The van der Waals surface area contributed by atoms with Crippen LogP contribution in [0.5, 0.6) is 5.75 Å². The number of piperidine rings is 1. The molecule has 25 heavy (non-hydrogen) atoms. The van der Waals surface area contributed by atoms with Crippen molar-refractivity contribution in [2.24, 2.45) is 11.7 Å². The van der Waals surface area contributed by atoms with Gasteiger partial charge in [-0.3, -0.25) is 24.6 Å². The lowest BCUT2D eigenvalue weighted by atomic mass is 9.96. The number of primary amides is 1. The second kappa shape index (κ2) is 7.93. The van der Waals surface area contributed by atoms with E-state index >= 15 is 0 Å². The van der Waals surface area contributed by atoms with Gasteiger partial charge in [0.2, 0.25) is 11.8 Å². The average molecular weight is 350 g/mol. The lowest BCUT2D eigenvalue weighted by molar-refractivity contribution is -0.384. The predicted molar refractivity (Wildman–Crippen MR) is 91.2 cm³/mol. The Hall–Kier alpha value is -2.68. The molecule has 0 aromatic heterocycles. The number of hydrogen-bond acceptors (Lipinski definition) is 6. The molecular weight excluding hydrogens is 328 g/mol. The quantitative estimate of drug-likeness (QED) is 0.584. The van der Waals surface area contributed by atoms with Gasteiger partial charge in [-0.2, -0.15) is 0 Å². The van der Waals surface area contributed by atoms with Crippen LogP contribution >= 0.6 is 0 Å². The van der Waals surface area contributed by atoms with Crippen LogP contribution in [-0.4, -0.2) is 47.9 Å². The Balaban J connectivity index is 2.11. The highest BCUT2D eigenvalue weighted by Gasteiger charge is 2.30. The fourth-order valence-electron chi connectivity index (χ4n) is 2.89. The standard InChI is InChI=1S/C16H22N4O5/c1-10(19-7-3-4-11(9-19)15(17)21)16(22)18-13-6-5-12(25-2)8-14(13)20(23)24/h5-6,8,10-11H,3-4,7,9H2,1-2H3,(H2,17,21)(H,18,22)/t10-,11+/m0/s1. The van der Waals surface area contributed by atoms with E-state index in [2.05, 4.69) is 5.32 Å². The van der Waals surface area contributed by atoms with Gasteiger partial charge in [0.1, 0.15) is 11.4 Å². The Morgan fingerprint density at radius 2 is 2.20 bits per heavy atom. The number of nitrogens with one attached hydrogen (secondary N) is 1. The van der Waals surface area contributed by atoms with Crippen LogP contribution in [0.4, 0.5) is 11.4 Å². The molecule has 1 heterocycles. The summed E-state index contributed by atoms with van der Waals surface area (Å²) in [5.74, 6) is -0.695. The van der Waals surface area contributed by atoms with Gasteiger partial charge < -0.3 is 15.8 Å². The lowest BCUT2D eigenvalue weighted by Gasteiger charge is -2.34. The van der Waals surface area contributed by atoms with Crippen molar-refractivity contribution in [2.45, 2.75) is 25.8 Å². The van der Waals surface area contributed by atoms with Gasteiger partial charge in [0.25, 0.3) is 5.69 Å². The molecule has 1 fully saturated rings. The molecule has 1 aliphatic heterocycles. The van der Waals surface area contributed by atoms with E-state index in [1.54, 1.807) is 6.92 Å². The molecule has 2 rings (SSSR count). The first-order chi connectivity index (χ1) is 11.8. The topological polar surface area (TPSA) is 128 Å². The van der Waals surface area contributed by atoms with Gasteiger partial charge in [-0.1, -0.05) is 0 Å². The number of methoxy groups -OCH3 is 1. The van der Waals surface area contributed by atoms with Gasteiger partial charge in [0, 0.05) is 6.54 Å². The number of nitrogens with two attached hydrogens (primary N) is 1. The lowest BCUT2D eigenvalue weighted by Crippen LogP contribution is -2.49. The third kappa shape index (κ3) is 4.44. The highest BCUT2D eigenvalue weighted by molar-refractivity contribution is 5.96. The number of nitro benzene ring substituents is 1. The molecular formula is C16H22N4O5. The highest BCUT2D eigenvalue weighted by atomic mass is 16.6. The van der Waals surface area contributed by atoms with Gasteiger partial charge in [0.05, 0.1) is 30.1 Å². The molecule has 3 N–H and O–H groups in total. The number of likely N-dealkylation sites (tertiary alicyclic amines) is 1. The molecule has 136 valence electrons. The molecule has 0 saturated carbocycles. The molecule has 1 aromatic rings. The molecule has 9 heteroatoms. The zero-order valence-electron chi connectivity index (χ0n) is 14.2. The summed E-state index contributed by atoms with van der Waals surface area (Å²) in [5, 5.41) is 13.8. The molecule has 2 amide bonds. The summed E-state index contributed by atoms with van der Waals surface area (Å²) < 4.78 is 4.97. The average Bonchev–Trinajstić information content (AvgIpc) is 2.61. The zero-order chi connectivity index (χ0) is 18.6. The van der Waals surface area contributed by atoms with Gasteiger partial charge >= 0.3 is 0 Å². The maximum Gasteiger partial charge on any atom is 0.296 e. The van der Waals surface area contributed by atoms with Crippen molar-refractivity contribution < 1.29 is 19.2 Å². The van der Waals surface area contributed by atoms with Gasteiger partial charge in [-0.15, -0.1) is 0 Å². The van der Waals surface area contributed by atoms with Crippen LogP contribution in [-0.2, 0) is 9.59 Å². The van der Waals surface area contributed by atoms with Crippen molar-refractivity contribution >= 4 is 23.2 Å². The first kappa shape index (κ1) is 18.7. The first-order valence-corrected chi connectivity index (χ1v) is 8.00. The van der Waals surface area contributed by atoms with Crippen LogP contribution in [0.25, 0.3) is 0 Å². The number of benzene rings is 1. The molecule has 1 aliphatic rings. The number of amides is 2. The normalized spacial score (nSPS) is 19.0. The molecule has 0 aliphatic carbocycles. The second-order valence-electron chi connectivity index (χ2n) is 6.04. The van der Waals surface area contributed by atoms with E-state index in [1.165, 1.54) is 25.3 Å². The van der Waals surface area contributed by atoms with Crippen LogP contribution in [0.2, 0.25) is 0 Å². The predicted octanol–water partition coefficient (Wildman–Crippen LogP) is 1.13. The molecule has 9 nitrogen and oxygen atoms in total. The van der Waals surface area contributed by atoms with E-state index in [9.17, 15) is 19.7 Å². The molecule has 2 atom stereocenters. The van der Waals surface area contributed by atoms with Gasteiger partial charge in [0.15, 0.2) is 0 Å². The van der Waals surface area contributed by atoms with Gasteiger partial charge in [-0.25, -0.2) is 0 Å². The minimum atomic E-state index is -0.577. The Labute approximate surface area is 145 Å². The van der Waals surface area contributed by atoms with E-state index in [1.807, 2.05) is 4.90 Å². The number of nitro groups is 1. The maximum atomic E-state index is 12.5. The fraction of sp³-hybridized carbons (Fsp3) is 0.500. The summed E-state index contributed by atoms with van der Waals surface area (Å²) in [6.45, 7) is 2.78. The van der Waals surface area contributed by atoms with E-state index in [-0.39, 0.29) is 29.1 Å². The van der Waals surface area contributed by atoms with Crippen LogP contribution in [0.3, 0.4) is 0 Å². The second-order valence-corrected chi connectivity index (χ2v) is 6.04. The minimum Gasteiger partial charge on any atom is -0.496 e. The molecule has 1 aromatic carbocycles. The van der Waals surface area contributed by atoms with Gasteiger partial charge in [-0.05, 0) is 38.4 Å². The Morgan fingerprint density at radius 1 is 1.48 bits per heavy atom. The molecule has 1 saturated heterocycles. The summed E-state index contributed by atoms with van der Waals surface area (Å²) in [4.78, 5) is 36.4. The minimum absolute atomic E-state index is 0.103. The third-order valence-electron chi connectivity index (χ3n) is 4.44. The Bertz CT molecular complexity index is 678. The fourth-order valence-corrected chi connectivity index (χ4v) is 2.89. The number of rotatable bonds is 6. The van der Waals surface area contributed by atoms with Crippen molar-refractivity contribution in [2.75, 3.05) is 25.5 Å². The number of anilines is 1. The maximum absolute atomic E-state index is 12.5. The van der Waals surface area contributed by atoms with E-state index in [4.69, 9.17) is 10.5 Å². The molecule has 0 spiro atoms. The summed E-state index contributed by atoms with van der Waals surface area (Å²) in [6, 6.07) is 3.69. The van der Waals surface area contributed by atoms with Crippen molar-refractivity contribution in [3.8, 4) is 5.75 Å². The third-order valence-corrected chi connectivity index (χ3v) is 4.44. The highest BCUT2D eigenvalue weighted by Crippen LogP contribution is 2.29. The summed E-state index contributed by atoms with van der Waals surface area (Å²) in [5.41, 5.74) is 5.22. The van der Waals surface area contributed by atoms with E-state index in [0.717, 1.165) is 6.42 Å². The number of nitrogens with zero attached hydrogens (tertiary/aromatic N) is 2. The summed E-state index contributed by atoms with van der Waals surface area (Å²) in [7, 11) is 1.41. The number of hydrogen-bond donors (Lipinski definition) is 2. The monoisotopic (exact) mass is 350 g/mol. The first-order valence-electron chi connectivity index (χ1n) is 8.00. The molecule has 0 unspecified atom stereocenters. The van der Waals surface area contributed by atoms with Crippen molar-refractivity contribution in [1.29, 1.82) is 0 Å². The Morgan fingerprint density at radius 3 is 2.80 bits per heavy atom. The zero-order valence-corrected chi connectivity index (χ0v) is 14.2. The van der Waals surface area contributed by atoms with E-state index in [0.29, 0.717) is 25.3 Å². The molecule has 0 radical (unpaired) electrons. The van der Waals surface area contributed by atoms with Crippen molar-refractivity contribution in [3.63, 3.8) is 0 Å². The van der Waals surface area contributed by atoms with Crippen LogP contribution in [0, 0.1) is 16.0 Å². The smallest absolute Gasteiger partial charge is 0.296 e. The van der Waals surface area contributed by atoms with E-state index < -0.39 is 11.0 Å². The summed E-state index contributed by atoms with van der Waals surface area (Å²) >= 11 is 0. The van der Waals surface area contributed by atoms with Crippen LogP contribution in [0.1, 0.15) is 19.8 Å². The molecule has 0 bridgehead atoms. The van der Waals surface area contributed by atoms with Crippen molar-refractivity contribution in [1.82, 2.24) is 4.90 Å².